The van der Waals surface area contributed by atoms with Crippen molar-refractivity contribution in [2.24, 2.45) is 0 Å². The van der Waals surface area contributed by atoms with Gasteiger partial charge in [-0.2, -0.15) is 0 Å². The van der Waals surface area contributed by atoms with Crippen LogP contribution in [0.1, 0.15) is 16.1 Å². The van der Waals surface area contributed by atoms with Gasteiger partial charge in [-0.25, -0.2) is 4.39 Å². The van der Waals surface area contributed by atoms with Gasteiger partial charge >= 0.3 is 0 Å². The zero-order valence-corrected chi connectivity index (χ0v) is 13.6. The number of halogens is 1. The number of benzene rings is 2. The lowest BCUT2D eigenvalue weighted by Crippen LogP contribution is -2.14. The summed E-state index contributed by atoms with van der Waals surface area (Å²) >= 11 is 0. The van der Waals surface area contributed by atoms with Crippen molar-refractivity contribution in [2.75, 3.05) is 19.5 Å². The van der Waals surface area contributed by atoms with Crippen molar-refractivity contribution in [2.45, 2.75) is 6.92 Å². The summed E-state index contributed by atoms with van der Waals surface area (Å²) in [6.07, 6.45) is 0. The molecule has 0 aliphatic heterocycles. The quantitative estimate of drug-likeness (QED) is 0.764. The lowest BCUT2D eigenvalue weighted by molar-refractivity contribution is 0.102. The summed E-state index contributed by atoms with van der Waals surface area (Å²) in [7, 11) is 3.05. The minimum Gasteiger partial charge on any atom is -0.497 e. The van der Waals surface area contributed by atoms with Crippen LogP contribution in [0.15, 0.2) is 36.4 Å². The van der Waals surface area contributed by atoms with Gasteiger partial charge in [0, 0.05) is 22.7 Å². The number of H-pyrrole nitrogens is 1. The van der Waals surface area contributed by atoms with Crippen molar-refractivity contribution in [1.82, 2.24) is 4.98 Å². The van der Waals surface area contributed by atoms with Gasteiger partial charge in [0.2, 0.25) is 0 Å². The van der Waals surface area contributed by atoms with Crippen LogP contribution >= 0.6 is 0 Å². The molecule has 3 aromatic rings. The summed E-state index contributed by atoms with van der Waals surface area (Å²) in [5.74, 6) is 0.218. The minimum atomic E-state index is -0.441. The summed E-state index contributed by atoms with van der Waals surface area (Å²) in [6, 6.07) is 9.72. The Morgan fingerprint density at radius 3 is 2.67 bits per heavy atom. The molecule has 0 spiro atoms. The highest BCUT2D eigenvalue weighted by Gasteiger charge is 2.20. The molecule has 2 aromatic carbocycles. The number of carbonyl (C=O) groups is 1. The van der Waals surface area contributed by atoms with Gasteiger partial charge in [0.25, 0.3) is 5.91 Å². The summed E-state index contributed by atoms with van der Waals surface area (Å²) in [5, 5.41) is 3.05. The fourth-order valence-electron chi connectivity index (χ4n) is 2.70. The van der Waals surface area contributed by atoms with E-state index in [1.165, 1.54) is 13.2 Å². The van der Waals surface area contributed by atoms with Crippen LogP contribution in [0.5, 0.6) is 11.5 Å². The number of rotatable bonds is 4. The summed E-state index contributed by atoms with van der Waals surface area (Å²) in [4.78, 5) is 15.7. The number of carbonyl (C=O) groups excluding carboxylic acids is 1. The highest BCUT2D eigenvalue weighted by molar-refractivity contribution is 6.14. The zero-order chi connectivity index (χ0) is 17.3. The molecule has 6 heteroatoms. The number of aromatic amines is 1. The smallest absolute Gasteiger partial charge is 0.258 e. The van der Waals surface area contributed by atoms with Gasteiger partial charge in [0.1, 0.15) is 17.3 Å². The van der Waals surface area contributed by atoms with E-state index in [0.29, 0.717) is 28.4 Å². The number of fused-ring (bicyclic) bond motifs is 1. The Kier molecular flexibility index (Phi) is 4.12. The van der Waals surface area contributed by atoms with Crippen molar-refractivity contribution in [3.63, 3.8) is 0 Å². The molecular weight excluding hydrogens is 311 g/mol. The van der Waals surface area contributed by atoms with Gasteiger partial charge in [-0.15, -0.1) is 0 Å². The fourth-order valence-corrected chi connectivity index (χ4v) is 2.70. The molecule has 0 unspecified atom stereocenters. The second kappa shape index (κ2) is 6.23. The first-order valence-corrected chi connectivity index (χ1v) is 7.35. The van der Waals surface area contributed by atoms with E-state index >= 15 is 0 Å². The van der Waals surface area contributed by atoms with Crippen molar-refractivity contribution in [3.8, 4) is 11.5 Å². The summed E-state index contributed by atoms with van der Waals surface area (Å²) in [5.41, 5.74) is 1.94. The SMILES string of the molecule is COc1ccc(NC(=O)c2c(C)[nH]c3cccc(F)c23)c(OC)c1. The van der Waals surface area contributed by atoms with Crippen molar-refractivity contribution < 1.29 is 18.7 Å². The number of hydrogen-bond donors (Lipinski definition) is 2. The number of aromatic nitrogens is 1. The van der Waals surface area contributed by atoms with Crippen LogP contribution in [-0.4, -0.2) is 25.1 Å². The molecule has 0 radical (unpaired) electrons. The third-order valence-corrected chi connectivity index (χ3v) is 3.84. The van der Waals surface area contributed by atoms with E-state index in [4.69, 9.17) is 9.47 Å². The molecule has 1 heterocycles. The fraction of sp³-hybridized carbons (Fsp3) is 0.167. The molecule has 3 rings (SSSR count). The molecule has 0 saturated heterocycles. The zero-order valence-electron chi connectivity index (χ0n) is 13.6. The second-order valence-electron chi connectivity index (χ2n) is 5.31. The highest BCUT2D eigenvalue weighted by Crippen LogP contribution is 2.31. The molecule has 24 heavy (non-hydrogen) atoms. The number of aryl methyl sites for hydroxylation is 1. The topological polar surface area (TPSA) is 63.3 Å². The molecule has 0 aliphatic rings. The van der Waals surface area contributed by atoms with E-state index in [-0.39, 0.29) is 10.9 Å². The molecule has 0 atom stereocenters. The number of anilines is 1. The van der Waals surface area contributed by atoms with Crippen LogP contribution < -0.4 is 14.8 Å². The Balaban J connectivity index is 2.01. The number of nitrogens with one attached hydrogen (secondary N) is 2. The van der Waals surface area contributed by atoms with Crippen LogP contribution in [0, 0.1) is 12.7 Å². The Morgan fingerprint density at radius 1 is 1.17 bits per heavy atom. The maximum atomic E-state index is 14.2. The predicted octanol–water partition coefficient (Wildman–Crippen LogP) is 3.88. The molecule has 2 N–H and O–H groups in total. The standard InChI is InChI=1S/C18H17FN2O3/c1-10-16(17-12(19)5-4-6-14(17)20-10)18(22)21-13-8-7-11(23-2)9-15(13)24-3/h4-9,20H,1-3H3,(H,21,22). The van der Waals surface area contributed by atoms with Gasteiger partial charge in [-0.05, 0) is 31.2 Å². The average molecular weight is 328 g/mol. The molecule has 0 saturated carbocycles. The first kappa shape index (κ1) is 15.9. The van der Waals surface area contributed by atoms with Gasteiger partial charge < -0.3 is 19.8 Å². The largest absolute Gasteiger partial charge is 0.497 e. The maximum absolute atomic E-state index is 14.2. The first-order valence-electron chi connectivity index (χ1n) is 7.35. The van der Waals surface area contributed by atoms with E-state index in [2.05, 4.69) is 10.3 Å². The van der Waals surface area contributed by atoms with E-state index in [1.54, 1.807) is 44.4 Å². The lowest BCUT2D eigenvalue weighted by atomic mass is 10.1. The van der Waals surface area contributed by atoms with Gasteiger partial charge in [-0.1, -0.05) is 6.07 Å². The molecule has 0 aliphatic carbocycles. The van der Waals surface area contributed by atoms with Crippen molar-refractivity contribution >= 4 is 22.5 Å². The number of methoxy groups -OCH3 is 2. The lowest BCUT2D eigenvalue weighted by Gasteiger charge is -2.12. The molecule has 5 nitrogen and oxygen atoms in total. The number of hydrogen-bond acceptors (Lipinski definition) is 3. The van der Waals surface area contributed by atoms with Gasteiger partial charge in [0.05, 0.1) is 25.5 Å². The van der Waals surface area contributed by atoms with Crippen molar-refractivity contribution in [3.05, 3.63) is 53.5 Å². The third kappa shape index (κ3) is 2.67. The van der Waals surface area contributed by atoms with Crippen LogP contribution in [0.2, 0.25) is 0 Å². The molecule has 0 fully saturated rings. The Labute approximate surface area is 138 Å². The Morgan fingerprint density at radius 2 is 1.96 bits per heavy atom. The van der Waals surface area contributed by atoms with Gasteiger partial charge in [0.15, 0.2) is 0 Å². The Bertz CT molecular complexity index is 918. The van der Waals surface area contributed by atoms with Crippen LogP contribution in [0.25, 0.3) is 10.9 Å². The average Bonchev–Trinajstić information content (AvgIpc) is 2.92. The molecular formula is C18H17FN2O3. The minimum absolute atomic E-state index is 0.278. The second-order valence-corrected chi connectivity index (χ2v) is 5.31. The van der Waals surface area contributed by atoms with E-state index in [0.717, 1.165) is 0 Å². The van der Waals surface area contributed by atoms with Crippen LogP contribution in [0.3, 0.4) is 0 Å². The molecule has 124 valence electrons. The normalized spacial score (nSPS) is 10.7. The van der Waals surface area contributed by atoms with Crippen LogP contribution in [0.4, 0.5) is 10.1 Å². The van der Waals surface area contributed by atoms with Crippen molar-refractivity contribution in [1.29, 1.82) is 0 Å². The van der Waals surface area contributed by atoms with Crippen LogP contribution in [-0.2, 0) is 0 Å². The number of amides is 1. The summed E-state index contributed by atoms with van der Waals surface area (Å²) in [6.45, 7) is 1.74. The summed E-state index contributed by atoms with van der Waals surface area (Å²) < 4.78 is 24.6. The third-order valence-electron chi connectivity index (χ3n) is 3.84. The van der Waals surface area contributed by atoms with E-state index in [1.807, 2.05) is 0 Å². The monoisotopic (exact) mass is 328 g/mol. The molecule has 1 aromatic heterocycles. The van der Waals surface area contributed by atoms with E-state index < -0.39 is 11.7 Å². The first-order chi connectivity index (χ1) is 11.5. The highest BCUT2D eigenvalue weighted by atomic mass is 19.1. The predicted molar refractivity (Wildman–Crippen MR) is 90.5 cm³/mol. The van der Waals surface area contributed by atoms with E-state index in [9.17, 15) is 9.18 Å². The molecule has 1 amide bonds. The Hall–Kier alpha value is -3.02. The number of ether oxygens (including phenoxy) is 2. The maximum Gasteiger partial charge on any atom is 0.258 e. The molecule has 0 bridgehead atoms. The van der Waals surface area contributed by atoms with Gasteiger partial charge in [-0.3, -0.25) is 4.79 Å².